The highest BCUT2D eigenvalue weighted by Gasteiger charge is 2.32. The Kier molecular flexibility index (Phi) is 7.63. The van der Waals surface area contributed by atoms with Gasteiger partial charge >= 0.3 is 0 Å². The van der Waals surface area contributed by atoms with Gasteiger partial charge in [-0.3, -0.25) is 9.69 Å². The fraction of sp³-hybridized carbons (Fsp3) is 0.381. The van der Waals surface area contributed by atoms with Crippen molar-refractivity contribution in [3.8, 4) is 5.75 Å². The number of benzene rings is 2. The zero-order valence-corrected chi connectivity index (χ0v) is 18.9. The van der Waals surface area contributed by atoms with Gasteiger partial charge in [0, 0.05) is 30.6 Å². The van der Waals surface area contributed by atoms with Gasteiger partial charge in [-0.15, -0.1) is 0 Å². The summed E-state index contributed by atoms with van der Waals surface area (Å²) in [6.07, 6.45) is 0.774. The van der Waals surface area contributed by atoms with Crippen molar-refractivity contribution in [2.24, 2.45) is 0 Å². The van der Waals surface area contributed by atoms with Crippen LogP contribution in [-0.2, 0) is 21.2 Å². The standard InChI is InChI=1S/C21H24Cl2N2O4S/c1-29-18-5-2-15(3-6-18)13-25(17-9-11-30(27,28)14-17)10-8-21(26)24-20-12-16(22)4-7-19(20)23/h2-7,12,17H,8-11,13-14H2,1H3,(H,24,26). The Balaban J connectivity index is 1.67. The molecular weight excluding hydrogens is 447 g/mol. The molecule has 1 saturated heterocycles. The number of methoxy groups -OCH3 is 1. The van der Waals surface area contributed by atoms with Crippen molar-refractivity contribution >= 4 is 44.6 Å². The van der Waals surface area contributed by atoms with Crippen molar-refractivity contribution in [3.63, 3.8) is 0 Å². The predicted molar refractivity (Wildman–Crippen MR) is 120 cm³/mol. The minimum atomic E-state index is -3.04. The van der Waals surface area contributed by atoms with Crippen LogP contribution in [0.4, 0.5) is 5.69 Å². The van der Waals surface area contributed by atoms with Gasteiger partial charge in [-0.05, 0) is 42.3 Å². The molecular formula is C21H24Cl2N2O4S. The minimum absolute atomic E-state index is 0.111. The van der Waals surface area contributed by atoms with Crippen LogP contribution in [0.15, 0.2) is 42.5 Å². The second-order valence-electron chi connectivity index (χ2n) is 7.30. The van der Waals surface area contributed by atoms with Gasteiger partial charge in [0.15, 0.2) is 9.84 Å². The summed E-state index contributed by atoms with van der Waals surface area (Å²) in [5, 5.41) is 3.66. The lowest BCUT2D eigenvalue weighted by Gasteiger charge is -2.28. The van der Waals surface area contributed by atoms with Crippen molar-refractivity contribution < 1.29 is 17.9 Å². The molecule has 2 aromatic carbocycles. The quantitative estimate of drug-likeness (QED) is 0.630. The molecule has 3 rings (SSSR count). The summed E-state index contributed by atoms with van der Waals surface area (Å²) in [5.41, 5.74) is 1.48. The van der Waals surface area contributed by atoms with Crippen molar-refractivity contribution in [2.45, 2.75) is 25.4 Å². The number of amides is 1. The Hall–Kier alpha value is -1.80. The summed E-state index contributed by atoms with van der Waals surface area (Å²) in [4.78, 5) is 14.5. The molecule has 1 N–H and O–H groups in total. The van der Waals surface area contributed by atoms with Crippen LogP contribution in [0.25, 0.3) is 0 Å². The Labute approximate surface area is 187 Å². The molecule has 6 nitrogen and oxygen atoms in total. The van der Waals surface area contributed by atoms with E-state index in [0.717, 1.165) is 11.3 Å². The number of sulfone groups is 1. The van der Waals surface area contributed by atoms with Crippen molar-refractivity contribution in [1.29, 1.82) is 0 Å². The molecule has 1 fully saturated rings. The third-order valence-corrected chi connectivity index (χ3v) is 7.41. The SMILES string of the molecule is COc1ccc(CN(CCC(=O)Nc2cc(Cl)ccc2Cl)C2CCS(=O)(=O)C2)cc1. The van der Waals surface area contributed by atoms with E-state index in [0.29, 0.717) is 35.2 Å². The van der Waals surface area contributed by atoms with E-state index in [4.69, 9.17) is 27.9 Å². The highest BCUT2D eigenvalue weighted by Crippen LogP contribution is 2.26. The van der Waals surface area contributed by atoms with Gasteiger partial charge in [-0.1, -0.05) is 35.3 Å². The molecule has 9 heteroatoms. The number of ether oxygens (including phenoxy) is 1. The number of carbonyl (C=O) groups excluding carboxylic acids is 1. The number of rotatable bonds is 8. The number of anilines is 1. The van der Waals surface area contributed by atoms with E-state index in [2.05, 4.69) is 10.2 Å². The molecule has 0 radical (unpaired) electrons. The largest absolute Gasteiger partial charge is 0.497 e. The van der Waals surface area contributed by atoms with Crippen LogP contribution in [0.5, 0.6) is 5.75 Å². The summed E-state index contributed by atoms with van der Waals surface area (Å²) >= 11 is 12.1. The van der Waals surface area contributed by atoms with E-state index in [1.165, 1.54) is 0 Å². The number of carbonyl (C=O) groups is 1. The van der Waals surface area contributed by atoms with Crippen LogP contribution in [0, 0.1) is 0 Å². The number of nitrogens with zero attached hydrogens (tertiary/aromatic N) is 1. The topological polar surface area (TPSA) is 75.7 Å². The van der Waals surface area contributed by atoms with E-state index < -0.39 is 9.84 Å². The lowest BCUT2D eigenvalue weighted by molar-refractivity contribution is -0.116. The zero-order chi connectivity index (χ0) is 21.7. The van der Waals surface area contributed by atoms with Crippen LogP contribution in [0.1, 0.15) is 18.4 Å². The summed E-state index contributed by atoms with van der Waals surface area (Å²) in [6.45, 7) is 0.978. The predicted octanol–water partition coefficient (Wildman–Crippen LogP) is 4.02. The summed E-state index contributed by atoms with van der Waals surface area (Å²) in [6, 6.07) is 12.4. The molecule has 1 atom stereocenters. The lowest BCUT2D eigenvalue weighted by atomic mass is 10.1. The summed E-state index contributed by atoms with van der Waals surface area (Å²) in [5.74, 6) is 0.845. The van der Waals surface area contributed by atoms with Crippen molar-refractivity contribution in [1.82, 2.24) is 4.90 Å². The van der Waals surface area contributed by atoms with Gasteiger partial charge < -0.3 is 10.1 Å². The Bertz CT molecular complexity index is 997. The first-order chi connectivity index (χ1) is 14.3. The van der Waals surface area contributed by atoms with E-state index in [1.807, 2.05) is 24.3 Å². The maximum atomic E-state index is 12.5. The van der Waals surface area contributed by atoms with Crippen molar-refractivity contribution in [3.05, 3.63) is 58.1 Å². The fourth-order valence-electron chi connectivity index (χ4n) is 3.47. The molecule has 2 aromatic rings. The molecule has 0 aliphatic carbocycles. The lowest BCUT2D eigenvalue weighted by Crippen LogP contribution is -2.37. The second kappa shape index (κ2) is 10.0. The highest BCUT2D eigenvalue weighted by atomic mass is 35.5. The first-order valence-electron chi connectivity index (χ1n) is 9.58. The minimum Gasteiger partial charge on any atom is -0.497 e. The third-order valence-electron chi connectivity index (χ3n) is 5.10. The summed E-state index contributed by atoms with van der Waals surface area (Å²) in [7, 11) is -1.43. The highest BCUT2D eigenvalue weighted by molar-refractivity contribution is 7.91. The normalized spacial score (nSPS) is 17.8. The van der Waals surface area contributed by atoms with Crippen LogP contribution >= 0.6 is 23.2 Å². The van der Waals surface area contributed by atoms with Gasteiger partial charge in [0.2, 0.25) is 5.91 Å². The third kappa shape index (κ3) is 6.35. The summed E-state index contributed by atoms with van der Waals surface area (Å²) < 4.78 is 29.1. The van der Waals surface area contributed by atoms with Gasteiger partial charge in [0.1, 0.15) is 5.75 Å². The number of hydrogen-bond acceptors (Lipinski definition) is 5. The van der Waals surface area contributed by atoms with Crippen LogP contribution in [-0.4, -0.2) is 50.4 Å². The molecule has 162 valence electrons. The van der Waals surface area contributed by atoms with Gasteiger partial charge in [0.25, 0.3) is 0 Å². The molecule has 1 aliphatic heterocycles. The van der Waals surface area contributed by atoms with E-state index in [-0.39, 0.29) is 29.9 Å². The number of halogens is 2. The molecule has 0 saturated carbocycles. The van der Waals surface area contributed by atoms with E-state index in [1.54, 1.807) is 25.3 Å². The van der Waals surface area contributed by atoms with Gasteiger partial charge in [-0.2, -0.15) is 0 Å². The van der Waals surface area contributed by atoms with Gasteiger partial charge in [0.05, 0.1) is 29.3 Å². The second-order valence-corrected chi connectivity index (χ2v) is 10.4. The molecule has 0 spiro atoms. The Morgan fingerprint density at radius 1 is 1.20 bits per heavy atom. The average molecular weight is 471 g/mol. The van der Waals surface area contributed by atoms with Crippen LogP contribution in [0.2, 0.25) is 10.0 Å². The molecule has 0 aromatic heterocycles. The molecule has 0 bridgehead atoms. The van der Waals surface area contributed by atoms with Gasteiger partial charge in [-0.25, -0.2) is 8.42 Å². The number of hydrogen-bond donors (Lipinski definition) is 1. The Morgan fingerprint density at radius 2 is 1.93 bits per heavy atom. The first-order valence-corrected chi connectivity index (χ1v) is 12.2. The van der Waals surface area contributed by atoms with Crippen molar-refractivity contribution in [2.75, 3.05) is 30.5 Å². The number of nitrogens with one attached hydrogen (secondary N) is 1. The van der Waals surface area contributed by atoms with Crippen LogP contribution in [0.3, 0.4) is 0 Å². The maximum Gasteiger partial charge on any atom is 0.225 e. The molecule has 1 amide bonds. The zero-order valence-electron chi connectivity index (χ0n) is 16.6. The monoisotopic (exact) mass is 470 g/mol. The molecule has 30 heavy (non-hydrogen) atoms. The van der Waals surface area contributed by atoms with Crippen LogP contribution < -0.4 is 10.1 Å². The smallest absolute Gasteiger partial charge is 0.225 e. The fourth-order valence-corrected chi connectivity index (χ4v) is 5.57. The van der Waals surface area contributed by atoms with E-state index in [9.17, 15) is 13.2 Å². The average Bonchev–Trinajstić information content (AvgIpc) is 3.08. The first kappa shape index (κ1) is 22.9. The molecule has 1 unspecified atom stereocenters. The Morgan fingerprint density at radius 3 is 2.57 bits per heavy atom. The maximum absolute atomic E-state index is 12.5. The molecule has 1 heterocycles. The molecule has 1 aliphatic rings. The van der Waals surface area contributed by atoms with E-state index >= 15 is 0 Å².